The Bertz CT molecular complexity index is 512. The normalized spacial score (nSPS) is 10.7. The average molecular weight is 255 g/mol. The summed E-state index contributed by atoms with van der Waals surface area (Å²) in [6, 6.07) is 10.4. The van der Waals surface area contributed by atoms with Crippen LogP contribution in [0.15, 0.2) is 30.3 Å². The maximum absolute atomic E-state index is 4.64. The molecule has 0 atom stereocenters. The Kier molecular flexibility index (Phi) is 4.63. The van der Waals surface area contributed by atoms with Crippen molar-refractivity contribution in [3.8, 4) is 0 Å². The fourth-order valence-corrected chi connectivity index (χ4v) is 2.28. The van der Waals surface area contributed by atoms with Gasteiger partial charge in [0.25, 0.3) is 0 Å². The lowest BCUT2D eigenvalue weighted by Crippen LogP contribution is -2.14. The molecule has 19 heavy (non-hydrogen) atoms. The number of aryl methyl sites for hydroxylation is 2. The Labute approximate surface area is 115 Å². The van der Waals surface area contributed by atoms with Crippen molar-refractivity contribution < 1.29 is 0 Å². The summed E-state index contributed by atoms with van der Waals surface area (Å²) < 4.78 is 0. The van der Waals surface area contributed by atoms with Gasteiger partial charge in [0.15, 0.2) is 0 Å². The molecule has 0 saturated heterocycles. The fraction of sp³-hybridized carbons (Fsp3) is 0.375. The summed E-state index contributed by atoms with van der Waals surface area (Å²) in [4.78, 5) is 9.29. The van der Waals surface area contributed by atoms with Gasteiger partial charge in [0.2, 0.25) is 0 Å². The largest absolute Gasteiger partial charge is 0.319 e. The van der Waals surface area contributed by atoms with Gasteiger partial charge >= 0.3 is 0 Å². The minimum Gasteiger partial charge on any atom is -0.319 e. The van der Waals surface area contributed by atoms with Gasteiger partial charge < -0.3 is 5.32 Å². The zero-order valence-electron chi connectivity index (χ0n) is 11.9. The van der Waals surface area contributed by atoms with Gasteiger partial charge in [0, 0.05) is 17.8 Å². The molecule has 1 aromatic heterocycles. The molecule has 0 fully saturated rings. The van der Waals surface area contributed by atoms with Crippen LogP contribution in [0, 0.1) is 13.8 Å². The molecule has 0 radical (unpaired) electrons. The molecule has 0 unspecified atom stereocenters. The number of aromatic nitrogens is 2. The minimum atomic E-state index is 0.800. The number of rotatable bonds is 5. The summed E-state index contributed by atoms with van der Waals surface area (Å²) in [5, 5.41) is 3.17. The van der Waals surface area contributed by atoms with E-state index >= 15 is 0 Å². The first kappa shape index (κ1) is 13.7. The van der Waals surface area contributed by atoms with Crippen LogP contribution in [0.3, 0.4) is 0 Å². The van der Waals surface area contributed by atoms with Gasteiger partial charge in [0.05, 0.1) is 0 Å². The Morgan fingerprint density at radius 3 is 2.21 bits per heavy atom. The molecule has 1 N–H and O–H groups in total. The Morgan fingerprint density at radius 1 is 1.00 bits per heavy atom. The standard InChI is InChI=1S/C16H21N3/c1-12-15(9-10-17-3)13(2)19-16(18-12)11-14-7-5-4-6-8-14/h4-8,17H,9-11H2,1-3H3. The van der Waals surface area contributed by atoms with Gasteiger partial charge in [-0.25, -0.2) is 9.97 Å². The predicted molar refractivity (Wildman–Crippen MR) is 78.4 cm³/mol. The molecule has 0 aliphatic rings. The van der Waals surface area contributed by atoms with Gasteiger partial charge in [-0.15, -0.1) is 0 Å². The lowest BCUT2D eigenvalue weighted by atomic mass is 10.1. The SMILES string of the molecule is CNCCc1c(C)nc(Cc2ccccc2)nc1C. The van der Waals surface area contributed by atoms with E-state index in [1.807, 2.05) is 13.1 Å². The van der Waals surface area contributed by atoms with E-state index in [1.54, 1.807) is 0 Å². The van der Waals surface area contributed by atoms with Crippen molar-refractivity contribution >= 4 is 0 Å². The van der Waals surface area contributed by atoms with Gasteiger partial charge in [-0.1, -0.05) is 30.3 Å². The van der Waals surface area contributed by atoms with Crippen molar-refractivity contribution in [1.29, 1.82) is 0 Å². The zero-order valence-corrected chi connectivity index (χ0v) is 11.9. The molecular weight excluding hydrogens is 234 g/mol. The molecule has 0 amide bonds. The molecule has 0 bridgehead atoms. The first-order chi connectivity index (χ1) is 9.20. The summed E-state index contributed by atoms with van der Waals surface area (Å²) in [6.45, 7) is 5.12. The maximum atomic E-state index is 4.64. The summed E-state index contributed by atoms with van der Waals surface area (Å²) >= 11 is 0. The third kappa shape index (κ3) is 3.61. The topological polar surface area (TPSA) is 37.8 Å². The van der Waals surface area contributed by atoms with Crippen molar-refractivity contribution in [2.75, 3.05) is 13.6 Å². The van der Waals surface area contributed by atoms with E-state index in [0.717, 1.165) is 36.6 Å². The first-order valence-electron chi connectivity index (χ1n) is 6.72. The van der Waals surface area contributed by atoms with Crippen molar-refractivity contribution in [2.45, 2.75) is 26.7 Å². The van der Waals surface area contributed by atoms with Gasteiger partial charge in [-0.2, -0.15) is 0 Å². The molecule has 0 saturated carbocycles. The van der Waals surface area contributed by atoms with Crippen LogP contribution in [0.2, 0.25) is 0 Å². The molecule has 1 heterocycles. The number of hydrogen-bond donors (Lipinski definition) is 1. The highest BCUT2D eigenvalue weighted by molar-refractivity contribution is 5.27. The smallest absolute Gasteiger partial charge is 0.133 e. The highest BCUT2D eigenvalue weighted by atomic mass is 14.9. The Morgan fingerprint density at radius 2 is 1.63 bits per heavy atom. The molecule has 2 aromatic rings. The summed E-state index contributed by atoms with van der Waals surface area (Å²) in [5.74, 6) is 0.911. The Hall–Kier alpha value is -1.74. The van der Waals surface area contributed by atoms with E-state index < -0.39 is 0 Å². The molecule has 0 aliphatic carbocycles. The number of likely N-dealkylation sites (N-methyl/N-ethyl adjacent to an activating group) is 1. The molecule has 3 nitrogen and oxygen atoms in total. The Balaban J connectivity index is 2.20. The lowest BCUT2D eigenvalue weighted by Gasteiger charge is -2.10. The van der Waals surface area contributed by atoms with Gasteiger partial charge in [-0.3, -0.25) is 0 Å². The summed E-state index contributed by atoms with van der Waals surface area (Å²) in [5.41, 5.74) is 4.73. The second-order valence-corrected chi connectivity index (χ2v) is 4.81. The van der Waals surface area contributed by atoms with Gasteiger partial charge in [0.1, 0.15) is 5.82 Å². The van der Waals surface area contributed by atoms with E-state index in [-0.39, 0.29) is 0 Å². The van der Waals surface area contributed by atoms with Crippen molar-refractivity contribution in [3.63, 3.8) is 0 Å². The van der Waals surface area contributed by atoms with Gasteiger partial charge in [-0.05, 0) is 45.0 Å². The molecule has 3 heteroatoms. The molecule has 1 aromatic carbocycles. The van der Waals surface area contributed by atoms with E-state index in [4.69, 9.17) is 0 Å². The van der Waals surface area contributed by atoms with Crippen LogP contribution in [0.4, 0.5) is 0 Å². The highest BCUT2D eigenvalue weighted by Crippen LogP contribution is 2.13. The number of hydrogen-bond acceptors (Lipinski definition) is 3. The van der Waals surface area contributed by atoms with Crippen LogP contribution < -0.4 is 5.32 Å². The van der Waals surface area contributed by atoms with Crippen LogP contribution in [0.5, 0.6) is 0 Å². The van der Waals surface area contributed by atoms with Crippen LogP contribution in [0.25, 0.3) is 0 Å². The fourth-order valence-electron chi connectivity index (χ4n) is 2.28. The third-order valence-electron chi connectivity index (χ3n) is 3.30. The maximum Gasteiger partial charge on any atom is 0.133 e. The molecular formula is C16H21N3. The molecule has 100 valence electrons. The van der Waals surface area contributed by atoms with E-state index in [0.29, 0.717) is 0 Å². The van der Waals surface area contributed by atoms with Crippen LogP contribution >= 0.6 is 0 Å². The second kappa shape index (κ2) is 6.43. The van der Waals surface area contributed by atoms with Crippen LogP contribution in [-0.2, 0) is 12.8 Å². The van der Waals surface area contributed by atoms with E-state index in [1.165, 1.54) is 11.1 Å². The van der Waals surface area contributed by atoms with Crippen molar-refractivity contribution in [3.05, 3.63) is 58.7 Å². The van der Waals surface area contributed by atoms with E-state index in [9.17, 15) is 0 Å². The lowest BCUT2D eigenvalue weighted by molar-refractivity contribution is 0.766. The second-order valence-electron chi connectivity index (χ2n) is 4.81. The zero-order chi connectivity index (χ0) is 13.7. The van der Waals surface area contributed by atoms with Crippen LogP contribution in [-0.4, -0.2) is 23.6 Å². The predicted octanol–water partition coefficient (Wildman–Crippen LogP) is 2.45. The minimum absolute atomic E-state index is 0.800. The quantitative estimate of drug-likeness (QED) is 0.891. The monoisotopic (exact) mass is 255 g/mol. The van der Waals surface area contributed by atoms with Crippen LogP contribution in [0.1, 0.15) is 28.3 Å². The van der Waals surface area contributed by atoms with Crippen molar-refractivity contribution in [1.82, 2.24) is 15.3 Å². The average Bonchev–Trinajstić information content (AvgIpc) is 2.39. The number of benzene rings is 1. The summed E-state index contributed by atoms with van der Waals surface area (Å²) in [7, 11) is 1.97. The third-order valence-corrected chi connectivity index (χ3v) is 3.30. The highest BCUT2D eigenvalue weighted by Gasteiger charge is 2.08. The number of nitrogens with one attached hydrogen (secondary N) is 1. The molecule has 0 spiro atoms. The molecule has 0 aliphatic heterocycles. The number of nitrogens with zero attached hydrogens (tertiary/aromatic N) is 2. The van der Waals surface area contributed by atoms with E-state index in [2.05, 4.69) is 53.4 Å². The van der Waals surface area contributed by atoms with Crippen molar-refractivity contribution in [2.24, 2.45) is 0 Å². The molecule has 2 rings (SSSR count). The first-order valence-corrected chi connectivity index (χ1v) is 6.72. The summed E-state index contributed by atoms with van der Waals surface area (Å²) in [6.07, 6.45) is 1.79.